The average molecular weight is 163 g/mol. The standard InChI is InChI=1S/C7H15O2S/c1-3-7(8)5-4-6-10(2)9/h7-8H,1,3-6H2,2H3. The minimum absolute atomic E-state index is 0.302. The predicted molar refractivity (Wildman–Crippen MR) is 44.1 cm³/mol. The summed E-state index contributed by atoms with van der Waals surface area (Å²) in [6.07, 6.45) is 3.49. The minimum Gasteiger partial charge on any atom is -0.617 e. The highest BCUT2D eigenvalue weighted by Crippen LogP contribution is 2.01. The van der Waals surface area contributed by atoms with E-state index >= 15 is 0 Å². The zero-order valence-corrected chi connectivity index (χ0v) is 7.19. The quantitative estimate of drug-likeness (QED) is 0.607. The Morgan fingerprint density at radius 3 is 2.70 bits per heavy atom. The maximum absolute atomic E-state index is 10.5. The van der Waals surface area contributed by atoms with Crippen molar-refractivity contribution in [3.05, 3.63) is 6.92 Å². The minimum atomic E-state index is -0.715. The van der Waals surface area contributed by atoms with Gasteiger partial charge in [0, 0.05) is 0 Å². The summed E-state index contributed by atoms with van der Waals surface area (Å²) in [5.74, 6) is 0.692. The van der Waals surface area contributed by atoms with Crippen molar-refractivity contribution in [2.75, 3.05) is 12.0 Å². The third-order valence-electron chi connectivity index (χ3n) is 1.30. The Morgan fingerprint density at radius 2 is 2.30 bits per heavy atom. The number of hydrogen-bond acceptors (Lipinski definition) is 2. The number of hydrogen-bond donors (Lipinski definition) is 1. The molecule has 1 N–H and O–H groups in total. The van der Waals surface area contributed by atoms with Crippen LogP contribution >= 0.6 is 0 Å². The van der Waals surface area contributed by atoms with Crippen molar-refractivity contribution in [3.8, 4) is 0 Å². The van der Waals surface area contributed by atoms with Crippen LogP contribution in [0.15, 0.2) is 0 Å². The van der Waals surface area contributed by atoms with Crippen molar-refractivity contribution in [3.63, 3.8) is 0 Å². The van der Waals surface area contributed by atoms with Gasteiger partial charge in [-0.3, -0.25) is 0 Å². The van der Waals surface area contributed by atoms with Crippen LogP contribution in [-0.2, 0) is 11.2 Å². The molecule has 3 heteroatoms. The van der Waals surface area contributed by atoms with E-state index in [1.54, 1.807) is 6.26 Å². The Labute approximate surface area is 65.8 Å². The van der Waals surface area contributed by atoms with E-state index in [4.69, 9.17) is 5.11 Å². The summed E-state index contributed by atoms with van der Waals surface area (Å²) in [4.78, 5) is 0. The molecular formula is C7H15O2S. The highest BCUT2D eigenvalue weighted by Gasteiger charge is 2.02. The van der Waals surface area contributed by atoms with E-state index in [1.807, 2.05) is 0 Å². The second-order valence-corrected chi connectivity index (χ2v) is 3.92. The third-order valence-corrected chi connectivity index (χ3v) is 2.17. The van der Waals surface area contributed by atoms with E-state index in [0.717, 1.165) is 12.8 Å². The Hall–Kier alpha value is 0.270. The van der Waals surface area contributed by atoms with Crippen molar-refractivity contribution in [1.29, 1.82) is 0 Å². The SMILES string of the molecule is [CH2]CC(O)CCC[S+](C)[O-]. The fourth-order valence-electron chi connectivity index (χ4n) is 0.667. The fourth-order valence-corrected chi connectivity index (χ4v) is 1.24. The molecule has 2 atom stereocenters. The van der Waals surface area contributed by atoms with Crippen molar-refractivity contribution in [2.24, 2.45) is 0 Å². The Kier molecular flexibility index (Phi) is 6.17. The van der Waals surface area contributed by atoms with Crippen molar-refractivity contribution >= 4 is 11.2 Å². The Bertz CT molecular complexity index is 76.0. The van der Waals surface area contributed by atoms with Gasteiger partial charge in [-0.25, -0.2) is 0 Å². The second kappa shape index (κ2) is 6.01. The molecule has 1 radical (unpaired) electrons. The van der Waals surface area contributed by atoms with Crippen LogP contribution in [0.2, 0.25) is 0 Å². The van der Waals surface area contributed by atoms with Crippen molar-refractivity contribution in [2.45, 2.75) is 25.4 Å². The molecule has 0 heterocycles. The first kappa shape index (κ1) is 10.3. The smallest absolute Gasteiger partial charge is 0.105 e. The van der Waals surface area contributed by atoms with Gasteiger partial charge >= 0.3 is 0 Å². The van der Waals surface area contributed by atoms with Gasteiger partial charge in [0.1, 0.15) is 5.75 Å². The molecule has 0 rings (SSSR count). The zero-order chi connectivity index (χ0) is 7.98. The van der Waals surface area contributed by atoms with Gasteiger partial charge in [0.2, 0.25) is 0 Å². The number of aliphatic hydroxyl groups excluding tert-OH is 1. The Morgan fingerprint density at radius 1 is 1.70 bits per heavy atom. The van der Waals surface area contributed by atoms with Crippen LogP contribution in [0.4, 0.5) is 0 Å². The van der Waals surface area contributed by atoms with Crippen LogP contribution < -0.4 is 0 Å². The highest BCUT2D eigenvalue weighted by molar-refractivity contribution is 7.90. The maximum atomic E-state index is 10.5. The van der Waals surface area contributed by atoms with E-state index in [1.165, 1.54) is 0 Å². The first-order chi connectivity index (χ1) is 4.66. The van der Waals surface area contributed by atoms with Gasteiger partial charge in [-0.2, -0.15) is 0 Å². The molecule has 0 spiro atoms. The summed E-state index contributed by atoms with van der Waals surface area (Å²) in [6, 6.07) is 0. The predicted octanol–water partition coefficient (Wildman–Crippen LogP) is 0.730. The van der Waals surface area contributed by atoms with Crippen LogP contribution in [0.1, 0.15) is 19.3 Å². The molecule has 2 unspecified atom stereocenters. The van der Waals surface area contributed by atoms with Gasteiger partial charge in [-0.1, -0.05) is 18.1 Å². The van der Waals surface area contributed by atoms with E-state index in [-0.39, 0.29) is 6.10 Å². The average Bonchev–Trinajstić information content (AvgIpc) is 1.87. The van der Waals surface area contributed by atoms with Gasteiger partial charge in [0.05, 0.1) is 12.4 Å². The highest BCUT2D eigenvalue weighted by atomic mass is 32.2. The van der Waals surface area contributed by atoms with Crippen molar-refractivity contribution in [1.82, 2.24) is 0 Å². The molecule has 0 aliphatic heterocycles. The molecule has 0 aromatic carbocycles. The lowest BCUT2D eigenvalue weighted by Crippen LogP contribution is -2.09. The molecule has 0 saturated heterocycles. The molecule has 61 valence electrons. The first-order valence-corrected chi connectivity index (χ1v) is 5.17. The second-order valence-electron chi connectivity index (χ2n) is 2.36. The molecule has 2 nitrogen and oxygen atoms in total. The summed E-state index contributed by atoms with van der Waals surface area (Å²) >= 11 is -0.715. The van der Waals surface area contributed by atoms with E-state index in [9.17, 15) is 4.55 Å². The monoisotopic (exact) mass is 163 g/mol. The van der Waals surface area contributed by atoms with Crippen molar-refractivity contribution < 1.29 is 9.66 Å². The summed E-state index contributed by atoms with van der Waals surface area (Å²) in [7, 11) is 0. The summed E-state index contributed by atoms with van der Waals surface area (Å²) in [5.41, 5.74) is 0. The third kappa shape index (κ3) is 6.39. The van der Waals surface area contributed by atoms with Gasteiger partial charge in [0.15, 0.2) is 0 Å². The van der Waals surface area contributed by atoms with Gasteiger partial charge in [-0.05, 0) is 19.3 Å². The zero-order valence-electron chi connectivity index (χ0n) is 6.38. The van der Waals surface area contributed by atoms with Crippen LogP contribution in [0.5, 0.6) is 0 Å². The normalized spacial score (nSPS) is 16.8. The fraction of sp³-hybridized carbons (Fsp3) is 0.857. The molecule has 0 aromatic rings. The topological polar surface area (TPSA) is 43.3 Å². The molecule has 0 saturated carbocycles. The van der Waals surface area contributed by atoms with Gasteiger partial charge in [0.25, 0.3) is 0 Å². The van der Waals surface area contributed by atoms with Crippen LogP contribution in [0.3, 0.4) is 0 Å². The Balaban J connectivity index is 3.03. The molecule has 0 aliphatic rings. The number of aliphatic hydroxyl groups is 1. The maximum Gasteiger partial charge on any atom is 0.105 e. The summed E-state index contributed by atoms with van der Waals surface area (Å²) < 4.78 is 10.5. The van der Waals surface area contributed by atoms with Crippen LogP contribution in [0, 0.1) is 6.92 Å². The molecule has 0 aliphatic carbocycles. The largest absolute Gasteiger partial charge is 0.617 e. The van der Waals surface area contributed by atoms with E-state index in [0.29, 0.717) is 12.2 Å². The first-order valence-electron chi connectivity index (χ1n) is 3.44. The lowest BCUT2D eigenvalue weighted by molar-refractivity contribution is 0.166. The number of rotatable bonds is 5. The summed E-state index contributed by atoms with van der Waals surface area (Å²) in [5, 5.41) is 9.01. The molecule has 0 bridgehead atoms. The van der Waals surface area contributed by atoms with Crippen LogP contribution in [-0.4, -0.2) is 27.8 Å². The van der Waals surface area contributed by atoms with Gasteiger partial charge in [-0.15, -0.1) is 0 Å². The van der Waals surface area contributed by atoms with E-state index < -0.39 is 11.2 Å². The molecule has 10 heavy (non-hydrogen) atoms. The van der Waals surface area contributed by atoms with E-state index in [2.05, 4.69) is 6.92 Å². The molecule has 0 amide bonds. The lowest BCUT2D eigenvalue weighted by Gasteiger charge is -2.07. The lowest BCUT2D eigenvalue weighted by atomic mass is 10.2. The molecule has 0 aromatic heterocycles. The molecule has 0 fully saturated rings. The van der Waals surface area contributed by atoms with Gasteiger partial charge < -0.3 is 9.66 Å². The molecular weight excluding hydrogens is 148 g/mol. The van der Waals surface area contributed by atoms with Crippen LogP contribution in [0.25, 0.3) is 0 Å². The summed E-state index contributed by atoms with van der Waals surface area (Å²) in [6.45, 7) is 3.56.